The molecular weight excluding hydrogens is 235 g/mol. The van der Waals surface area contributed by atoms with Crippen LogP contribution in [0.4, 0.5) is 4.39 Å². The third-order valence-electron chi connectivity index (χ3n) is 2.52. The second kappa shape index (κ2) is 4.20. The van der Waals surface area contributed by atoms with Crippen LogP contribution in [0.1, 0.15) is 24.4 Å². The van der Waals surface area contributed by atoms with Crippen LogP contribution in [0.5, 0.6) is 0 Å². The van der Waals surface area contributed by atoms with E-state index in [2.05, 4.69) is 4.98 Å². The van der Waals surface area contributed by atoms with E-state index in [0.717, 1.165) is 16.3 Å². The van der Waals surface area contributed by atoms with Crippen molar-refractivity contribution in [1.29, 1.82) is 0 Å². The van der Waals surface area contributed by atoms with E-state index in [9.17, 15) is 4.39 Å². The highest BCUT2D eigenvalue weighted by Crippen LogP contribution is 2.28. The van der Waals surface area contributed by atoms with Gasteiger partial charge in [0.1, 0.15) is 10.8 Å². The van der Waals surface area contributed by atoms with E-state index in [-0.39, 0.29) is 5.82 Å². The van der Waals surface area contributed by atoms with Crippen molar-refractivity contribution in [2.45, 2.75) is 26.3 Å². The third-order valence-corrected chi connectivity index (χ3v) is 3.70. The molecule has 0 unspecified atom stereocenters. The zero-order valence-corrected chi connectivity index (χ0v) is 10.9. The minimum atomic E-state index is -0.452. The topological polar surface area (TPSA) is 38.9 Å². The van der Waals surface area contributed by atoms with Gasteiger partial charge in [0.15, 0.2) is 0 Å². The Hall–Kier alpha value is -1.26. The average Bonchev–Trinajstić information content (AvgIpc) is 2.70. The summed E-state index contributed by atoms with van der Waals surface area (Å²) in [5.41, 5.74) is 7.74. The molecule has 0 atom stereocenters. The molecule has 1 aromatic heterocycles. The standard InChI is InChI=1S/C13H15FN2S/c1-8-4-5-9(6-10(8)14)11-7-17-12(16-11)13(2,3)15/h4-7H,15H2,1-3H3. The van der Waals surface area contributed by atoms with E-state index < -0.39 is 5.54 Å². The minimum absolute atomic E-state index is 0.205. The van der Waals surface area contributed by atoms with E-state index >= 15 is 0 Å². The highest BCUT2D eigenvalue weighted by Gasteiger charge is 2.19. The number of hydrogen-bond acceptors (Lipinski definition) is 3. The second-order valence-corrected chi connectivity index (χ2v) is 5.58. The molecule has 0 spiro atoms. The molecule has 2 aromatic rings. The predicted molar refractivity (Wildman–Crippen MR) is 69.5 cm³/mol. The lowest BCUT2D eigenvalue weighted by Gasteiger charge is -2.13. The van der Waals surface area contributed by atoms with Crippen LogP contribution in [-0.4, -0.2) is 4.98 Å². The Bertz CT molecular complexity index is 541. The van der Waals surface area contributed by atoms with Gasteiger partial charge in [-0.25, -0.2) is 9.37 Å². The van der Waals surface area contributed by atoms with Gasteiger partial charge < -0.3 is 5.73 Å². The summed E-state index contributed by atoms with van der Waals surface area (Å²) < 4.78 is 13.5. The van der Waals surface area contributed by atoms with E-state index in [4.69, 9.17) is 5.73 Å². The molecule has 0 aliphatic rings. The molecular formula is C13H15FN2S. The molecule has 4 heteroatoms. The summed E-state index contributed by atoms with van der Waals surface area (Å²) in [5.74, 6) is -0.205. The number of benzene rings is 1. The van der Waals surface area contributed by atoms with Gasteiger partial charge in [0.05, 0.1) is 11.2 Å². The lowest BCUT2D eigenvalue weighted by Crippen LogP contribution is -2.28. The minimum Gasteiger partial charge on any atom is -0.320 e. The molecule has 0 saturated heterocycles. The van der Waals surface area contributed by atoms with Gasteiger partial charge in [-0.3, -0.25) is 0 Å². The van der Waals surface area contributed by atoms with Gasteiger partial charge in [0.25, 0.3) is 0 Å². The van der Waals surface area contributed by atoms with Crippen molar-refractivity contribution in [3.05, 3.63) is 40.0 Å². The monoisotopic (exact) mass is 250 g/mol. The third kappa shape index (κ3) is 2.53. The molecule has 0 aliphatic heterocycles. The summed E-state index contributed by atoms with van der Waals surface area (Å²) >= 11 is 1.50. The fourth-order valence-corrected chi connectivity index (χ4v) is 2.32. The van der Waals surface area contributed by atoms with Crippen LogP contribution in [0.3, 0.4) is 0 Å². The van der Waals surface area contributed by atoms with Gasteiger partial charge in [-0.05, 0) is 32.4 Å². The summed E-state index contributed by atoms with van der Waals surface area (Å²) in [4.78, 5) is 4.45. The normalized spacial score (nSPS) is 11.8. The smallest absolute Gasteiger partial charge is 0.126 e. The molecule has 2 nitrogen and oxygen atoms in total. The van der Waals surface area contributed by atoms with Crippen LogP contribution in [0.2, 0.25) is 0 Å². The summed E-state index contributed by atoms with van der Waals surface area (Å²) in [6.07, 6.45) is 0. The van der Waals surface area contributed by atoms with Crippen molar-refractivity contribution in [2.75, 3.05) is 0 Å². The van der Waals surface area contributed by atoms with Gasteiger partial charge in [-0.2, -0.15) is 0 Å². The summed E-state index contributed by atoms with van der Waals surface area (Å²) in [6, 6.07) is 5.15. The Morgan fingerprint density at radius 2 is 2.06 bits per heavy atom. The van der Waals surface area contributed by atoms with E-state index in [1.54, 1.807) is 13.0 Å². The van der Waals surface area contributed by atoms with Gasteiger partial charge >= 0.3 is 0 Å². The summed E-state index contributed by atoms with van der Waals surface area (Å²) in [6.45, 7) is 5.56. The molecule has 0 amide bonds. The maximum absolute atomic E-state index is 13.5. The van der Waals surface area contributed by atoms with E-state index in [0.29, 0.717) is 5.56 Å². The van der Waals surface area contributed by atoms with Crippen LogP contribution < -0.4 is 5.73 Å². The number of hydrogen-bond donors (Lipinski definition) is 1. The van der Waals surface area contributed by atoms with Gasteiger partial charge in [0.2, 0.25) is 0 Å². The SMILES string of the molecule is Cc1ccc(-c2csc(C(C)(C)N)n2)cc1F. The van der Waals surface area contributed by atoms with Gasteiger partial charge in [0, 0.05) is 10.9 Å². The summed E-state index contributed by atoms with van der Waals surface area (Å²) in [7, 11) is 0. The first-order valence-corrected chi connectivity index (χ1v) is 6.27. The largest absolute Gasteiger partial charge is 0.320 e. The van der Waals surface area contributed by atoms with Crippen LogP contribution in [-0.2, 0) is 5.54 Å². The molecule has 90 valence electrons. The molecule has 0 aliphatic carbocycles. The first kappa shape index (κ1) is 12.2. The Morgan fingerprint density at radius 1 is 1.35 bits per heavy atom. The first-order valence-electron chi connectivity index (χ1n) is 5.39. The fraction of sp³-hybridized carbons (Fsp3) is 0.308. The Balaban J connectivity index is 2.40. The van der Waals surface area contributed by atoms with E-state index in [1.807, 2.05) is 25.3 Å². The van der Waals surface area contributed by atoms with Crippen LogP contribution in [0.15, 0.2) is 23.6 Å². The average molecular weight is 250 g/mol. The number of aryl methyl sites for hydroxylation is 1. The zero-order valence-electron chi connectivity index (χ0n) is 10.1. The fourth-order valence-electron chi connectivity index (χ4n) is 1.45. The Morgan fingerprint density at radius 3 is 2.59 bits per heavy atom. The van der Waals surface area contributed by atoms with Crippen LogP contribution in [0.25, 0.3) is 11.3 Å². The lowest BCUT2D eigenvalue weighted by atomic mass is 10.1. The lowest BCUT2D eigenvalue weighted by molar-refractivity contribution is 0.551. The number of halogens is 1. The van der Waals surface area contributed by atoms with Crippen molar-refractivity contribution in [3.63, 3.8) is 0 Å². The number of aromatic nitrogens is 1. The Kier molecular flexibility index (Phi) is 3.02. The molecule has 0 bridgehead atoms. The predicted octanol–water partition coefficient (Wildman–Crippen LogP) is 3.45. The van der Waals surface area contributed by atoms with Crippen LogP contribution in [0, 0.1) is 12.7 Å². The number of thiazole rings is 1. The van der Waals surface area contributed by atoms with Crippen molar-refractivity contribution in [1.82, 2.24) is 4.98 Å². The quantitative estimate of drug-likeness (QED) is 0.886. The molecule has 0 fully saturated rings. The zero-order chi connectivity index (χ0) is 12.6. The van der Waals surface area contributed by atoms with Gasteiger partial charge in [-0.1, -0.05) is 12.1 Å². The number of rotatable bonds is 2. The molecule has 17 heavy (non-hydrogen) atoms. The highest BCUT2D eigenvalue weighted by atomic mass is 32.1. The maximum Gasteiger partial charge on any atom is 0.126 e. The van der Waals surface area contributed by atoms with E-state index in [1.165, 1.54) is 17.4 Å². The molecule has 2 rings (SSSR count). The van der Waals surface area contributed by atoms with Gasteiger partial charge in [-0.15, -0.1) is 11.3 Å². The molecule has 1 aromatic carbocycles. The molecule has 2 N–H and O–H groups in total. The number of nitrogens with two attached hydrogens (primary N) is 1. The summed E-state index contributed by atoms with van der Waals surface area (Å²) in [5, 5.41) is 2.77. The second-order valence-electron chi connectivity index (χ2n) is 4.72. The van der Waals surface area contributed by atoms with Crippen molar-refractivity contribution in [3.8, 4) is 11.3 Å². The highest BCUT2D eigenvalue weighted by molar-refractivity contribution is 7.10. The van der Waals surface area contributed by atoms with Crippen molar-refractivity contribution in [2.24, 2.45) is 5.73 Å². The number of nitrogens with zero attached hydrogens (tertiary/aromatic N) is 1. The van der Waals surface area contributed by atoms with Crippen molar-refractivity contribution >= 4 is 11.3 Å². The first-order chi connectivity index (χ1) is 7.88. The molecule has 0 radical (unpaired) electrons. The van der Waals surface area contributed by atoms with Crippen molar-refractivity contribution < 1.29 is 4.39 Å². The van der Waals surface area contributed by atoms with Crippen LogP contribution >= 0.6 is 11.3 Å². The Labute approximate surface area is 104 Å². The maximum atomic E-state index is 13.5. The molecule has 1 heterocycles. The molecule has 0 saturated carbocycles.